The number of carboxylic acid groups (broad SMARTS) is 2. The molecule has 0 radical (unpaired) electrons. The van der Waals surface area contributed by atoms with Gasteiger partial charge in [0.25, 0.3) is 0 Å². The van der Waals surface area contributed by atoms with Crippen LogP contribution in [0.2, 0.25) is 0 Å². The van der Waals surface area contributed by atoms with Crippen molar-refractivity contribution in [1.82, 2.24) is 0 Å². The van der Waals surface area contributed by atoms with Gasteiger partial charge in [0.1, 0.15) is 5.83 Å². The zero-order chi connectivity index (χ0) is 8.85. The highest BCUT2D eigenvalue weighted by molar-refractivity contribution is 5.83. The molecular weight excluding hydrogens is 155 g/mol. The van der Waals surface area contributed by atoms with E-state index in [2.05, 4.69) is 0 Å². The second-order valence-electron chi connectivity index (χ2n) is 1.54. The first-order valence-corrected chi connectivity index (χ1v) is 2.53. The molecule has 11 heavy (non-hydrogen) atoms. The summed E-state index contributed by atoms with van der Waals surface area (Å²) in [6, 6.07) is 0. The number of aliphatic carboxylic acids is 2. The van der Waals surface area contributed by atoms with Crippen LogP contribution in [0, 0.1) is 0 Å². The molecule has 0 aromatic rings. The molecule has 0 amide bonds. The van der Waals surface area contributed by atoms with Crippen LogP contribution in [-0.2, 0) is 9.59 Å². The smallest absolute Gasteiger partial charge is 0.331 e. The summed E-state index contributed by atoms with van der Waals surface area (Å²) in [4.78, 5) is 19.5. The molecule has 60 valence electrons. The Hall–Kier alpha value is -1.65. The van der Waals surface area contributed by atoms with Crippen molar-refractivity contribution in [3.05, 3.63) is 24.1 Å². The molecule has 0 spiro atoms. The fourth-order valence-electron chi connectivity index (χ4n) is 0.317. The van der Waals surface area contributed by atoms with Gasteiger partial charge >= 0.3 is 11.9 Å². The first-order valence-electron chi connectivity index (χ1n) is 2.53. The average molecular weight is 160 g/mol. The maximum atomic E-state index is 12.1. The van der Waals surface area contributed by atoms with E-state index in [4.69, 9.17) is 10.2 Å². The van der Waals surface area contributed by atoms with Crippen LogP contribution in [0.25, 0.3) is 0 Å². The molecule has 0 bridgehead atoms. The summed E-state index contributed by atoms with van der Waals surface area (Å²) in [5.74, 6) is -3.91. The molecule has 4 nitrogen and oxygen atoms in total. The van der Waals surface area contributed by atoms with Crippen molar-refractivity contribution in [2.45, 2.75) is 0 Å². The van der Waals surface area contributed by atoms with Crippen LogP contribution in [0.1, 0.15) is 0 Å². The number of carboxylic acids is 2. The second-order valence-corrected chi connectivity index (χ2v) is 1.54. The summed E-state index contributed by atoms with van der Waals surface area (Å²) in [7, 11) is 0. The molecule has 0 atom stereocenters. The second kappa shape index (κ2) is 4.21. The van der Waals surface area contributed by atoms with Crippen molar-refractivity contribution in [1.29, 1.82) is 0 Å². The largest absolute Gasteiger partial charge is 0.478 e. The molecule has 2 N–H and O–H groups in total. The summed E-state index contributed by atoms with van der Waals surface area (Å²) in [5.41, 5.74) is 0. The van der Waals surface area contributed by atoms with Gasteiger partial charge in [-0.1, -0.05) is 0 Å². The molecule has 0 rings (SSSR count). The number of halogens is 1. The molecule has 0 aromatic carbocycles. The van der Waals surface area contributed by atoms with Gasteiger partial charge in [-0.15, -0.1) is 0 Å². The summed E-state index contributed by atoms with van der Waals surface area (Å²) < 4.78 is 12.1. The van der Waals surface area contributed by atoms with Gasteiger partial charge in [-0.2, -0.15) is 0 Å². The number of rotatable bonds is 3. The van der Waals surface area contributed by atoms with E-state index in [1.807, 2.05) is 0 Å². The van der Waals surface area contributed by atoms with Crippen LogP contribution in [-0.4, -0.2) is 22.2 Å². The van der Waals surface area contributed by atoms with Gasteiger partial charge in [0.05, 0.1) is 6.08 Å². The van der Waals surface area contributed by atoms with E-state index in [0.29, 0.717) is 12.2 Å². The average Bonchev–Trinajstić information content (AvgIpc) is 1.82. The predicted octanol–water partition coefficient (Wildman–Crippen LogP) is 0.565. The molecule has 0 unspecified atom stereocenters. The fourth-order valence-corrected chi connectivity index (χ4v) is 0.317. The first-order chi connectivity index (χ1) is 5.02. The Morgan fingerprint density at radius 1 is 1.09 bits per heavy atom. The quantitative estimate of drug-likeness (QED) is 0.467. The lowest BCUT2D eigenvalue weighted by molar-refractivity contribution is -0.132. The highest BCUT2D eigenvalue weighted by Gasteiger charge is 1.94. The molecule has 0 saturated heterocycles. The van der Waals surface area contributed by atoms with E-state index in [0.717, 1.165) is 0 Å². The van der Waals surface area contributed by atoms with Crippen molar-refractivity contribution >= 4 is 11.9 Å². The summed E-state index contributed by atoms with van der Waals surface area (Å²) in [6.07, 6.45) is 1.32. The zero-order valence-corrected chi connectivity index (χ0v) is 5.32. The SMILES string of the molecule is O=C(O)C=CC(F)=CC(=O)O. The highest BCUT2D eigenvalue weighted by atomic mass is 19.1. The maximum absolute atomic E-state index is 12.1. The van der Waals surface area contributed by atoms with Gasteiger partial charge < -0.3 is 10.2 Å². The topological polar surface area (TPSA) is 74.6 Å². The van der Waals surface area contributed by atoms with Gasteiger partial charge in [0.2, 0.25) is 0 Å². The third-order valence-corrected chi connectivity index (χ3v) is 0.646. The Morgan fingerprint density at radius 2 is 1.64 bits per heavy atom. The summed E-state index contributed by atoms with van der Waals surface area (Å²) in [6.45, 7) is 0. The minimum absolute atomic E-state index is 0.263. The molecule has 0 fully saturated rings. The van der Waals surface area contributed by atoms with E-state index < -0.39 is 17.8 Å². The van der Waals surface area contributed by atoms with Crippen LogP contribution >= 0.6 is 0 Å². The van der Waals surface area contributed by atoms with Gasteiger partial charge in [-0.05, 0) is 6.08 Å². The Labute approximate surface area is 61.3 Å². The molecule has 0 saturated carbocycles. The van der Waals surface area contributed by atoms with Crippen LogP contribution in [0.15, 0.2) is 24.1 Å². The lowest BCUT2D eigenvalue weighted by Gasteiger charge is -1.82. The van der Waals surface area contributed by atoms with Crippen molar-refractivity contribution in [3.63, 3.8) is 0 Å². The predicted molar refractivity (Wildman–Crippen MR) is 33.6 cm³/mol. The lowest BCUT2D eigenvalue weighted by Crippen LogP contribution is -1.89. The lowest BCUT2D eigenvalue weighted by atomic mass is 10.4. The minimum atomic E-state index is -1.46. The summed E-state index contributed by atoms with van der Waals surface area (Å²) >= 11 is 0. The number of allylic oxidation sites excluding steroid dienone is 2. The van der Waals surface area contributed by atoms with Crippen LogP contribution < -0.4 is 0 Å². The Balaban J connectivity index is 4.17. The first kappa shape index (κ1) is 9.35. The molecule has 0 aliphatic rings. The van der Waals surface area contributed by atoms with E-state index in [1.54, 1.807) is 0 Å². The van der Waals surface area contributed by atoms with Gasteiger partial charge in [0.15, 0.2) is 0 Å². The molecule has 0 aromatic heterocycles. The molecule has 5 heteroatoms. The maximum Gasteiger partial charge on any atom is 0.331 e. The fraction of sp³-hybridized carbons (Fsp3) is 0. The van der Waals surface area contributed by atoms with Gasteiger partial charge in [-0.25, -0.2) is 14.0 Å². The molecular formula is C6H5FO4. The number of hydrogen-bond acceptors (Lipinski definition) is 2. The molecule has 0 heterocycles. The normalized spacial score (nSPS) is 11.9. The number of hydrogen-bond donors (Lipinski definition) is 2. The van der Waals surface area contributed by atoms with Crippen molar-refractivity contribution in [2.24, 2.45) is 0 Å². The van der Waals surface area contributed by atoms with Gasteiger partial charge in [-0.3, -0.25) is 0 Å². The Kier molecular flexibility index (Phi) is 3.58. The van der Waals surface area contributed by atoms with Crippen LogP contribution in [0.3, 0.4) is 0 Å². The van der Waals surface area contributed by atoms with Crippen LogP contribution in [0.5, 0.6) is 0 Å². The monoisotopic (exact) mass is 160 g/mol. The minimum Gasteiger partial charge on any atom is -0.478 e. The third-order valence-electron chi connectivity index (χ3n) is 0.646. The van der Waals surface area contributed by atoms with Gasteiger partial charge in [0, 0.05) is 6.08 Å². The van der Waals surface area contributed by atoms with Crippen molar-refractivity contribution in [3.8, 4) is 0 Å². The molecule has 0 aliphatic heterocycles. The van der Waals surface area contributed by atoms with Crippen molar-refractivity contribution < 1.29 is 24.2 Å². The van der Waals surface area contributed by atoms with Crippen LogP contribution in [0.4, 0.5) is 4.39 Å². The van der Waals surface area contributed by atoms with E-state index in [1.165, 1.54) is 0 Å². The summed E-state index contributed by atoms with van der Waals surface area (Å²) in [5, 5.41) is 15.9. The standard InChI is InChI=1S/C6H5FO4/c7-4(3-6(10)11)1-2-5(8)9/h1-3H,(H,8,9)(H,10,11). The Bertz CT molecular complexity index is 229. The number of carbonyl (C=O) groups is 2. The van der Waals surface area contributed by atoms with Crippen molar-refractivity contribution in [2.75, 3.05) is 0 Å². The zero-order valence-electron chi connectivity index (χ0n) is 5.32. The van der Waals surface area contributed by atoms with E-state index in [9.17, 15) is 14.0 Å². The van der Waals surface area contributed by atoms with E-state index >= 15 is 0 Å². The highest BCUT2D eigenvalue weighted by Crippen LogP contribution is 1.97. The van der Waals surface area contributed by atoms with E-state index in [-0.39, 0.29) is 6.08 Å². The Morgan fingerprint density at radius 3 is 2.00 bits per heavy atom. The third kappa shape index (κ3) is 6.23. The molecule has 0 aliphatic carbocycles.